The largest absolute Gasteiger partial charge is 0.347 e. The predicted octanol–water partition coefficient (Wildman–Crippen LogP) is 2.26. The van der Waals surface area contributed by atoms with E-state index in [4.69, 9.17) is 4.99 Å². The number of benzene rings is 2. The van der Waals surface area contributed by atoms with Crippen LogP contribution in [-0.2, 0) is 0 Å². The number of hydrogen-bond donors (Lipinski definition) is 2. The minimum atomic E-state index is -0.402. The summed E-state index contributed by atoms with van der Waals surface area (Å²) in [4.78, 5) is 33.2. The van der Waals surface area contributed by atoms with Gasteiger partial charge in [-0.1, -0.05) is 42.1 Å². The van der Waals surface area contributed by atoms with Crippen molar-refractivity contribution in [2.75, 3.05) is 10.7 Å². The molecule has 3 heterocycles. The molecule has 5 rings (SSSR count). The number of rotatable bonds is 4. The molecule has 1 atom stereocenters. The molecule has 2 aromatic carbocycles. The second-order valence-corrected chi connectivity index (χ2v) is 8.23. The van der Waals surface area contributed by atoms with Gasteiger partial charge in [-0.2, -0.15) is 4.98 Å². The number of aryl methyl sites for hydroxylation is 2. The molecule has 150 valence electrons. The third kappa shape index (κ3) is 3.29. The number of fused-ring (bicyclic) bond motifs is 2. The Hall–Kier alpha value is -3.39. The molecule has 0 spiro atoms. The molecule has 8 heteroatoms. The van der Waals surface area contributed by atoms with E-state index >= 15 is 0 Å². The SMILES string of the molecule is Cc1ccccc1N1C=c2c(C)cccc2=NC1CSc1nc(=O)[nH]c2nc[nH]c12. The second-order valence-electron chi connectivity index (χ2n) is 7.22. The summed E-state index contributed by atoms with van der Waals surface area (Å²) < 4.78 is 0. The topological polar surface area (TPSA) is 90.0 Å². The van der Waals surface area contributed by atoms with Crippen LogP contribution < -0.4 is 21.2 Å². The Morgan fingerprint density at radius 2 is 1.93 bits per heavy atom. The number of aromatic amines is 2. The molecule has 0 amide bonds. The standard InChI is InChI=1S/C22H20N6OS/c1-13-7-5-8-16-15(13)10-28(17-9-4-3-6-14(17)2)18(25-16)11-30-21-19-20(24-12-23-19)26-22(29)27-21/h3-10,12,18H,11H2,1-2H3,(H2,23,24,26,27,29). The maximum absolute atomic E-state index is 11.9. The van der Waals surface area contributed by atoms with Gasteiger partial charge in [0.2, 0.25) is 0 Å². The van der Waals surface area contributed by atoms with Gasteiger partial charge in [0, 0.05) is 22.9 Å². The summed E-state index contributed by atoms with van der Waals surface area (Å²) in [6, 6.07) is 14.5. The molecule has 7 nitrogen and oxygen atoms in total. The van der Waals surface area contributed by atoms with E-state index in [9.17, 15) is 4.79 Å². The van der Waals surface area contributed by atoms with Crippen LogP contribution in [0.4, 0.5) is 5.69 Å². The minimum Gasteiger partial charge on any atom is -0.341 e. The van der Waals surface area contributed by atoms with Crippen LogP contribution in [-0.4, -0.2) is 31.9 Å². The molecule has 1 aliphatic rings. The van der Waals surface area contributed by atoms with Gasteiger partial charge >= 0.3 is 5.69 Å². The molecule has 2 N–H and O–H groups in total. The monoisotopic (exact) mass is 416 g/mol. The normalized spacial score (nSPS) is 15.5. The van der Waals surface area contributed by atoms with Gasteiger partial charge in [0.15, 0.2) is 5.65 Å². The van der Waals surface area contributed by atoms with Gasteiger partial charge < -0.3 is 9.88 Å². The number of H-pyrrole nitrogens is 2. The van der Waals surface area contributed by atoms with Crippen LogP contribution in [0.1, 0.15) is 11.1 Å². The van der Waals surface area contributed by atoms with Crippen LogP contribution in [0.5, 0.6) is 0 Å². The fourth-order valence-electron chi connectivity index (χ4n) is 3.68. The average Bonchev–Trinajstić information content (AvgIpc) is 3.21. The summed E-state index contributed by atoms with van der Waals surface area (Å²) in [6.45, 7) is 4.21. The summed E-state index contributed by atoms with van der Waals surface area (Å²) in [7, 11) is 0. The fourth-order valence-corrected chi connectivity index (χ4v) is 4.67. The van der Waals surface area contributed by atoms with Crippen molar-refractivity contribution in [3.63, 3.8) is 0 Å². The van der Waals surface area contributed by atoms with Crippen LogP contribution in [0.25, 0.3) is 17.4 Å². The van der Waals surface area contributed by atoms with Gasteiger partial charge in [0.1, 0.15) is 16.7 Å². The first-order valence-electron chi connectivity index (χ1n) is 9.65. The van der Waals surface area contributed by atoms with E-state index in [0.29, 0.717) is 16.4 Å². The van der Waals surface area contributed by atoms with Crippen LogP contribution in [0, 0.1) is 13.8 Å². The highest BCUT2D eigenvalue weighted by atomic mass is 32.2. The summed E-state index contributed by atoms with van der Waals surface area (Å²) >= 11 is 1.50. The first kappa shape index (κ1) is 18.6. The first-order valence-corrected chi connectivity index (χ1v) is 10.6. The highest BCUT2D eigenvalue weighted by Crippen LogP contribution is 2.28. The van der Waals surface area contributed by atoms with E-state index in [1.165, 1.54) is 22.9 Å². The van der Waals surface area contributed by atoms with E-state index in [-0.39, 0.29) is 6.17 Å². The summed E-state index contributed by atoms with van der Waals surface area (Å²) in [6.07, 6.45) is 3.61. The Bertz CT molecular complexity index is 1420. The van der Waals surface area contributed by atoms with Crippen molar-refractivity contribution >= 4 is 34.8 Å². The molecular formula is C22H20N6OS. The summed E-state index contributed by atoms with van der Waals surface area (Å²) in [5, 5.41) is 2.74. The summed E-state index contributed by atoms with van der Waals surface area (Å²) in [5.74, 6) is 0.628. The Kier molecular flexibility index (Phi) is 4.63. The highest BCUT2D eigenvalue weighted by molar-refractivity contribution is 7.99. The van der Waals surface area contributed by atoms with Gasteiger partial charge in [0.25, 0.3) is 0 Å². The van der Waals surface area contributed by atoms with Crippen molar-refractivity contribution in [2.24, 2.45) is 4.99 Å². The molecule has 30 heavy (non-hydrogen) atoms. The van der Waals surface area contributed by atoms with Crippen LogP contribution >= 0.6 is 11.8 Å². The van der Waals surface area contributed by atoms with Crippen molar-refractivity contribution in [3.8, 4) is 0 Å². The third-order valence-electron chi connectivity index (χ3n) is 5.22. The second kappa shape index (κ2) is 7.46. The lowest BCUT2D eigenvalue weighted by Crippen LogP contribution is -2.44. The van der Waals surface area contributed by atoms with Crippen LogP contribution in [0.15, 0.2) is 63.6 Å². The lowest BCUT2D eigenvalue weighted by atomic mass is 10.1. The average molecular weight is 417 g/mol. The Balaban J connectivity index is 1.57. The number of para-hydroxylation sites is 1. The number of nitrogens with one attached hydrogen (secondary N) is 2. The van der Waals surface area contributed by atoms with Crippen molar-refractivity contribution in [1.82, 2.24) is 19.9 Å². The molecule has 1 unspecified atom stereocenters. The molecule has 2 aromatic heterocycles. The Labute approximate surface area is 176 Å². The quantitative estimate of drug-likeness (QED) is 0.393. The summed E-state index contributed by atoms with van der Waals surface area (Å²) in [5.41, 5.74) is 4.34. The molecule has 0 aliphatic carbocycles. The first-order chi connectivity index (χ1) is 14.6. The number of hydrogen-bond acceptors (Lipinski definition) is 6. The van der Waals surface area contributed by atoms with Crippen LogP contribution in [0.2, 0.25) is 0 Å². The maximum atomic E-state index is 11.9. The zero-order valence-electron chi connectivity index (χ0n) is 16.6. The van der Waals surface area contributed by atoms with Gasteiger partial charge in [-0.05, 0) is 37.1 Å². The molecule has 0 saturated heterocycles. The lowest BCUT2D eigenvalue weighted by molar-refractivity contribution is 0.736. The number of imidazole rings is 1. The molecule has 0 bridgehead atoms. The van der Waals surface area contributed by atoms with Gasteiger partial charge in [-0.15, -0.1) is 0 Å². The number of aromatic nitrogens is 4. The smallest absolute Gasteiger partial charge is 0.341 e. The Morgan fingerprint density at radius 1 is 1.10 bits per heavy atom. The predicted molar refractivity (Wildman–Crippen MR) is 119 cm³/mol. The van der Waals surface area contributed by atoms with Gasteiger partial charge in [-0.3, -0.25) is 9.98 Å². The highest BCUT2D eigenvalue weighted by Gasteiger charge is 2.22. The van der Waals surface area contributed by atoms with Crippen molar-refractivity contribution in [3.05, 3.63) is 81.0 Å². The molecule has 0 fully saturated rings. The van der Waals surface area contributed by atoms with Crippen LogP contribution in [0.3, 0.4) is 0 Å². The molecule has 0 saturated carbocycles. The zero-order chi connectivity index (χ0) is 20.7. The van der Waals surface area contributed by atoms with Gasteiger partial charge in [0.05, 0.1) is 11.7 Å². The molecule has 0 radical (unpaired) electrons. The fraction of sp³-hybridized carbons (Fsp3) is 0.182. The van der Waals surface area contributed by atoms with E-state index in [2.05, 4.69) is 63.1 Å². The third-order valence-corrected chi connectivity index (χ3v) is 6.26. The van der Waals surface area contributed by atoms with E-state index in [1.54, 1.807) is 6.33 Å². The number of thioether (sulfide) groups is 1. The molecule has 4 aromatic rings. The minimum absolute atomic E-state index is 0.135. The molecular weight excluding hydrogens is 396 g/mol. The number of anilines is 1. The van der Waals surface area contributed by atoms with E-state index in [1.807, 2.05) is 24.3 Å². The lowest BCUT2D eigenvalue weighted by Gasteiger charge is -2.31. The van der Waals surface area contributed by atoms with E-state index in [0.717, 1.165) is 21.8 Å². The van der Waals surface area contributed by atoms with E-state index < -0.39 is 5.69 Å². The Morgan fingerprint density at radius 3 is 2.80 bits per heavy atom. The van der Waals surface area contributed by atoms with Gasteiger partial charge in [-0.25, -0.2) is 9.78 Å². The molecule has 1 aliphatic heterocycles. The maximum Gasteiger partial charge on any atom is 0.347 e. The van der Waals surface area contributed by atoms with Crippen molar-refractivity contribution in [2.45, 2.75) is 25.0 Å². The number of nitrogens with zero attached hydrogens (tertiary/aromatic N) is 4. The van der Waals surface area contributed by atoms with Crippen molar-refractivity contribution < 1.29 is 0 Å². The zero-order valence-corrected chi connectivity index (χ0v) is 17.4. The van der Waals surface area contributed by atoms with Crippen molar-refractivity contribution in [1.29, 1.82) is 0 Å².